The third-order valence-electron chi connectivity index (χ3n) is 7.99. The smallest absolute Gasteiger partial charge is 0.207 e. The summed E-state index contributed by atoms with van der Waals surface area (Å²) < 4.78 is 31.2. The lowest BCUT2D eigenvalue weighted by molar-refractivity contribution is -0.595. The second-order valence-electron chi connectivity index (χ2n) is 10.6. The Labute approximate surface area is 226 Å². The first-order chi connectivity index (χ1) is 18.9. The number of aromatic nitrogens is 2. The van der Waals surface area contributed by atoms with E-state index in [1.165, 1.54) is 51.9 Å². The van der Waals surface area contributed by atoms with Gasteiger partial charge in [0.05, 0.1) is 5.39 Å². The van der Waals surface area contributed by atoms with E-state index in [1.54, 1.807) is 12.1 Å². The van der Waals surface area contributed by atoms with Crippen LogP contribution in [0.1, 0.15) is 25.0 Å². The van der Waals surface area contributed by atoms with Crippen LogP contribution in [0.2, 0.25) is 0 Å². The Morgan fingerprint density at radius 2 is 1.26 bits per heavy atom. The number of para-hydroxylation sites is 1. The molecule has 1 aliphatic carbocycles. The summed E-state index contributed by atoms with van der Waals surface area (Å²) in [6.45, 7) is 4.55. The molecule has 0 unspecified atom stereocenters. The van der Waals surface area contributed by atoms with Crippen LogP contribution in [0.25, 0.3) is 44.5 Å². The zero-order chi connectivity index (χ0) is 26.7. The molecular weight excluding hydrogens is 486 g/mol. The Balaban J connectivity index is 1.35. The Kier molecular flexibility index (Phi) is 5.21. The van der Waals surface area contributed by atoms with E-state index in [-0.39, 0.29) is 17.0 Å². The molecule has 2 heterocycles. The van der Waals surface area contributed by atoms with Gasteiger partial charge in [0.25, 0.3) is 0 Å². The van der Waals surface area contributed by atoms with Crippen LogP contribution in [0.4, 0.5) is 8.78 Å². The van der Waals surface area contributed by atoms with Crippen molar-refractivity contribution in [1.82, 2.24) is 0 Å². The average molecular weight is 513 g/mol. The molecule has 0 fully saturated rings. The zero-order valence-electron chi connectivity index (χ0n) is 21.7. The van der Waals surface area contributed by atoms with Crippen molar-refractivity contribution in [3.63, 3.8) is 0 Å². The first-order valence-electron chi connectivity index (χ1n) is 13.1. The van der Waals surface area contributed by atoms with Gasteiger partial charge in [0, 0.05) is 59.0 Å². The molecule has 0 bridgehead atoms. The van der Waals surface area contributed by atoms with E-state index in [0.717, 1.165) is 28.0 Å². The Bertz CT molecular complexity index is 1870. The van der Waals surface area contributed by atoms with Crippen LogP contribution in [-0.2, 0) is 5.41 Å². The van der Waals surface area contributed by atoms with Gasteiger partial charge in [-0.15, -0.1) is 0 Å². The van der Waals surface area contributed by atoms with Gasteiger partial charge in [-0.2, -0.15) is 9.13 Å². The molecule has 0 N–H and O–H groups in total. The van der Waals surface area contributed by atoms with Crippen LogP contribution < -0.4 is 9.13 Å². The number of pyridine rings is 2. The molecule has 0 aliphatic heterocycles. The van der Waals surface area contributed by atoms with Gasteiger partial charge in [0.15, 0.2) is 18.6 Å². The lowest BCUT2D eigenvalue weighted by Gasteiger charge is -2.21. The maximum Gasteiger partial charge on any atom is 0.219 e. The summed E-state index contributed by atoms with van der Waals surface area (Å²) in [6, 6.07) is 32.5. The van der Waals surface area contributed by atoms with Gasteiger partial charge >= 0.3 is 0 Å². The van der Waals surface area contributed by atoms with Crippen molar-refractivity contribution in [1.29, 1.82) is 0 Å². The van der Waals surface area contributed by atoms with Gasteiger partial charge < -0.3 is 0 Å². The molecule has 0 saturated carbocycles. The summed E-state index contributed by atoms with van der Waals surface area (Å²) in [5, 5.41) is 1.18. The zero-order valence-corrected chi connectivity index (χ0v) is 21.7. The number of hydrogen-bond acceptors (Lipinski definition) is 0. The van der Waals surface area contributed by atoms with Gasteiger partial charge in [-0.05, 0) is 58.7 Å². The second-order valence-corrected chi connectivity index (χ2v) is 10.6. The van der Waals surface area contributed by atoms with Crippen LogP contribution in [0, 0.1) is 11.6 Å². The average Bonchev–Trinajstić information content (AvgIpc) is 3.19. The fourth-order valence-corrected chi connectivity index (χ4v) is 5.89. The van der Waals surface area contributed by atoms with Crippen LogP contribution in [0.5, 0.6) is 0 Å². The molecular formula is C35H26F2N2+2. The van der Waals surface area contributed by atoms with E-state index in [1.807, 2.05) is 35.2 Å². The summed E-state index contributed by atoms with van der Waals surface area (Å²) in [4.78, 5) is 0. The highest BCUT2D eigenvalue weighted by Crippen LogP contribution is 2.51. The number of halogens is 2. The fraction of sp³-hybridized carbons (Fsp3) is 0.0857. The minimum atomic E-state index is -0.242. The number of nitrogens with zero attached hydrogens (tertiary/aromatic N) is 2. The van der Waals surface area contributed by atoms with E-state index in [9.17, 15) is 8.78 Å². The quantitative estimate of drug-likeness (QED) is 0.215. The maximum atomic E-state index is 13.7. The molecule has 0 saturated heterocycles. The molecule has 0 amide bonds. The molecule has 6 aromatic rings. The Hall–Kier alpha value is -4.70. The molecule has 39 heavy (non-hydrogen) atoms. The predicted molar refractivity (Wildman–Crippen MR) is 150 cm³/mol. The van der Waals surface area contributed by atoms with E-state index >= 15 is 0 Å². The topological polar surface area (TPSA) is 7.76 Å². The van der Waals surface area contributed by atoms with Crippen molar-refractivity contribution in [3.05, 3.63) is 144 Å². The second kappa shape index (κ2) is 8.67. The third kappa shape index (κ3) is 3.75. The summed E-state index contributed by atoms with van der Waals surface area (Å²) in [5.74, 6) is -0.483. The fourth-order valence-electron chi connectivity index (χ4n) is 5.89. The van der Waals surface area contributed by atoms with Crippen LogP contribution in [0.3, 0.4) is 0 Å². The molecule has 188 valence electrons. The lowest BCUT2D eigenvalue weighted by Crippen LogP contribution is -2.33. The third-order valence-corrected chi connectivity index (χ3v) is 7.99. The van der Waals surface area contributed by atoms with Gasteiger partial charge in [0.1, 0.15) is 11.6 Å². The summed E-state index contributed by atoms with van der Waals surface area (Å²) in [6.07, 6.45) is 6.24. The minimum Gasteiger partial charge on any atom is -0.207 e. The molecule has 7 rings (SSSR count). The largest absolute Gasteiger partial charge is 0.219 e. The molecule has 2 nitrogen and oxygen atoms in total. The van der Waals surface area contributed by atoms with E-state index < -0.39 is 0 Å². The SMILES string of the molecule is CC1(C)c2cc(-c3cc[n+](-c4ccc(F)cc4)cc3)ccc2-c2c1c[n+](-c1ccc(F)cc1)c1ccccc21. The van der Waals surface area contributed by atoms with Crippen LogP contribution >= 0.6 is 0 Å². The van der Waals surface area contributed by atoms with Gasteiger partial charge in [-0.25, -0.2) is 8.78 Å². The maximum absolute atomic E-state index is 13.7. The van der Waals surface area contributed by atoms with Crippen molar-refractivity contribution in [2.45, 2.75) is 19.3 Å². The van der Waals surface area contributed by atoms with E-state index in [4.69, 9.17) is 0 Å². The number of hydrogen-bond donors (Lipinski definition) is 0. The van der Waals surface area contributed by atoms with Gasteiger partial charge in [-0.3, -0.25) is 0 Å². The Morgan fingerprint density at radius 1 is 0.615 bits per heavy atom. The first kappa shape index (κ1) is 23.4. The molecule has 2 aromatic heterocycles. The van der Waals surface area contributed by atoms with Crippen molar-refractivity contribution in [2.75, 3.05) is 0 Å². The summed E-state index contributed by atoms with van der Waals surface area (Å²) in [7, 11) is 0. The van der Waals surface area contributed by atoms with Crippen LogP contribution in [0.15, 0.2) is 122 Å². The number of benzene rings is 4. The molecule has 0 spiro atoms. The standard InChI is InChI=1S/C35H26F2N2/c1-35(2)31-21-24(23-17-19-38(20-18-23)27-12-8-25(36)9-13-27)7-16-29(31)34-30-5-3-4-6-33(30)39(22-32(34)35)28-14-10-26(37)11-15-28/h3-22H,1-2H3/q+2. The monoisotopic (exact) mass is 512 g/mol. The lowest BCUT2D eigenvalue weighted by atomic mass is 9.82. The van der Waals surface area contributed by atoms with E-state index in [2.05, 4.69) is 73.1 Å². The van der Waals surface area contributed by atoms with Crippen molar-refractivity contribution < 1.29 is 17.9 Å². The highest BCUT2D eigenvalue weighted by Gasteiger charge is 2.40. The summed E-state index contributed by atoms with van der Waals surface area (Å²) in [5.41, 5.74) is 10.0. The Morgan fingerprint density at radius 3 is 1.95 bits per heavy atom. The molecule has 0 atom stereocenters. The first-order valence-corrected chi connectivity index (χ1v) is 13.1. The molecule has 0 radical (unpaired) electrons. The van der Waals surface area contributed by atoms with Gasteiger partial charge in [0.2, 0.25) is 16.9 Å². The van der Waals surface area contributed by atoms with Gasteiger partial charge in [-0.1, -0.05) is 38.1 Å². The molecule has 4 aromatic carbocycles. The number of fused-ring (bicyclic) bond motifs is 5. The highest BCUT2D eigenvalue weighted by molar-refractivity contribution is 5.99. The molecule has 4 heteroatoms. The normalized spacial score (nSPS) is 13.3. The van der Waals surface area contributed by atoms with Crippen LogP contribution in [-0.4, -0.2) is 0 Å². The van der Waals surface area contributed by atoms with Crippen molar-refractivity contribution >= 4 is 10.9 Å². The molecule has 1 aliphatic rings. The van der Waals surface area contributed by atoms with Crippen molar-refractivity contribution in [3.8, 4) is 33.6 Å². The van der Waals surface area contributed by atoms with Crippen molar-refractivity contribution in [2.24, 2.45) is 0 Å². The predicted octanol–water partition coefficient (Wildman–Crippen LogP) is 7.64. The number of rotatable bonds is 3. The van der Waals surface area contributed by atoms with E-state index in [0.29, 0.717) is 0 Å². The highest BCUT2D eigenvalue weighted by atomic mass is 19.1. The summed E-state index contributed by atoms with van der Waals surface area (Å²) >= 11 is 0. The minimum absolute atomic E-state index is 0.227.